The normalized spacial score (nSPS) is 11.8. The van der Waals surface area contributed by atoms with E-state index in [2.05, 4.69) is 27.4 Å². The van der Waals surface area contributed by atoms with E-state index in [1.807, 2.05) is 39.0 Å². The van der Waals surface area contributed by atoms with Crippen LogP contribution < -0.4 is 5.32 Å². The van der Waals surface area contributed by atoms with Crippen molar-refractivity contribution < 1.29 is 14.3 Å². The summed E-state index contributed by atoms with van der Waals surface area (Å²) in [5.41, 5.74) is 4.58. The van der Waals surface area contributed by atoms with Crippen LogP contribution in [0.2, 0.25) is 0 Å². The summed E-state index contributed by atoms with van der Waals surface area (Å²) in [6.45, 7) is 5.39. The Balaban J connectivity index is 1.50. The Morgan fingerprint density at radius 2 is 1.69 bits per heavy atom. The first-order valence-electron chi connectivity index (χ1n) is 9.68. The third kappa shape index (κ3) is 5.60. The number of hydrogen-bond donors (Lipinski definition) is 1. The zero-order chi connectivity index (χ0) is 20.8. The van der Waals surface area contributed by atoms with Crippen LogP contribution in [0.25, 0.3) is 11.0 Å². The number of rotatable bonds is 7. The van der Waals surface area contributed by atoms with E-state index in [1.165, 1.54) is 5.56 Å². The average Bonchev–Trinajstić information content (AvgIpc) is 2.72. The Hall–Kier alpha value is -3.28. The lowest BCUT2D eigenvalue weighted by atomic mass is 10.1. The van der Waals surface area contributed by atoms with Crippen molar-refractivity contribution in [1.82, 2.24) is 15.3 Å². The Labute approximate surface area is 170 Å². The number of carbonyl (C=O) groups is 2. The van der Waals surface area contributed by atoms with Crippen molar-refractivity contribution >= 4 is 22.9 Å². The lowest BCUT2D eigenvalue weighted by Gasteiger charge is -2.14. The summed E-state index contributed by atoms with van der Waals surface area (Å²) < 4.78 is 5.16. The molecule has 0 fully saturated rings. The molecule has 29 heavy (non-hydrogen) atoms. The van der Waals surface area contributed by atoms with Crippen molar-refractivity contribution in [2.75, 3.05) is 6.61 Å². The topological polar surface area (TPSA) is 81.2 Å². The molecule has 6 heteroatoms. The van der Waals surface area contributed by atoms with E-state index in [1.54, 1.807) is 18.2 Å². The van der Waals surface area contributed by atoms with Gasteiger partial charge in [0.2, 0.25) is 0 Å². The van der Waals surface area contributed by atoms with E-state index in [0.29, 0.717) is 11.1 Å². The highest BCUT2D eigenvalue weighted by Gasteiger charge is 2.13. The van der Waals surface area contributed by atoms with Gasteiger partial charge in [-0.2, -0.15) is 0 Å². The molecule has 3 aromatic rings. The van der Waals surface area contributed by atoms with Gasteiger partial charge >= 0.3 is 5.97 Å². The Bertz CT molecular complexity index is 1020. The van der Waals surface area contributed by atoms with Gasteiger partial charge in [0.25, 0.3) is 5.91 Å². The summed E-state index contributed by atoms with van der Waals surface area (Å²) in [6, 6.07) is 15.1. The number of esters is 1. The molecule has 0 aliphatic rings. The second-order valence-corrected chi connectivity index (χ2v) is 7.17. The van der Waals surface area contributed by atoms with Crippen LogP contribution in [-0.2, 0) is 16.0 Å². The Kier molecular flexibility index (Phi) is 6.54. The molecule has 0 saturated carbocycles. The number of hydrogen-bond acceptors (Lipinski definition) is 5. The second-order valence-electron chi connectivity index (χ2n) is 7.17. The van der Waals surface area contributed by atoms with Gasteiger partial charge in [-0.1, -0.05) is 30.3 Å². The standard InChI is InChI=1S/C23H25N3O3/c1-15(9-10-18-7-5-4-6-8-18)24-22(27)14-29-23(28)19-11-12-20-21(13-19)26-17(3)16(2)25-20/h4-8,11-13,15H,9-10,14H2,1-3H3,(H,24,27)/t15-/m1/s1. The largest absolute Gasteiger partial charge is 0.452 e. The monoisotopic (exact) mass is 391 g/mol. The molecular weight excluding hydrogens is 366 g/mol. The molecule has 1 aromatic heterocycles. The van der Waals surface area contributed by atoms with Crippen LogP contribution in [-0.4, -0.2) is 34.5 Å². The van der Waals surface area contributed by atoms with Crippen LogP contribution in [0.1, 0.15) is 40.7 Å². The van der Waals surface area contributed by atoms with Crippen LogP contribution in [0.4, 0.5) is 0 Å². The van der Waals surface area contributed by atoms with E-state index in [-0.39, 0.29) is 18.6 Å². The summed E-state index contributed by atoms with van der Waals surface area (Å²) in [6.07, 6.45) is 1.69. The predicted molar refractivity (Wildman–Crippen MR) is 112 cm³/mol. The van der Waals surface area contributed by atoms with Crippen LogP contribution in [0.15, 0.2) is 48.5 Å². The van der Waals surface area contributed by atoms with Crippen LogP contribution in [0.3, 0.4) is 0 Å². The van der Waals surface area contributed by atoms with Gasteiger partial charge in [0.05, 0.1) is 28.0 Å². The van der Waals surface area contributed by atoms with Crippen LogP contribution in [0, 0.1) is 13.8 Å². The Morgan fingerprint density at radius 3 is 2.41 bits per heavy atom. The number of aromatic nitrogens is 2. The highest BCUT2D eigenvalue weighted by molar-refractivity contribution is 5.94. The van der Waals surface area contributed by atoms with Crippen molar-refractivity contribution in [1.29, 1.82) is 0 Å². The first-order valence-corrected chi connectivity index (χ1v) is 9.68. The Morgan fingerprint density at radius 1 is 1.00 bits per heavy atom. The summed E-state index contributed by atoms with van der Waals surface area (Å²) in [4.78, 5) is 33.3. The van der Waals surface area contributed by atoms with Gasteiger partial charge in [-0.05, 0) is 57.4 Å². The second kappa shape index (κ2) is 9.28. The van der Waals surface area contributed by atoms with Gasteiger partial charge in [0, 0.05) is 6.04 Å². The minimum Gasteiger partial charge on any atom is -0.452 e. The fraction of sp³-hybridized carbons (Fsp3) is 0.304. The molecule has 3 rings (SSSR count). The van der Waals surface area contributed by atoms with Crippen LogP contribution in [0.5, 0.6) is 0 Å². The molecule has 0 radical (unpaired) electrons. The van der Waals surface area contributed by atoms with E-state index < -0.39 is 5.97 Å². The number of fused-ring (bicyclic) bond motifs is 1. The summed E-state index contributed by atoms with van der Waals surface area (Å²) in [5, 5.41) is 2.86. The maximum absolute atomic E-state index is 12.3. The number of ether oxygens (including phenoxy) is 1. The van der Waals surface area contributed by atoms with Crippen molar-refractivity contribution in [3.05, 3.63) is 71.0 Å². The lowest BCUT2D eigenvalue weighted by Crippen LogP contribution is -2.36. The zero-order valence-electron chi connectivity index (χ0n) is 16.9. The number of nitrogens with one attached hydrogen (secondary N) is 1. The molecule has 6 nitrogen and oxygen atoms in total. The molecule has 1 atom stereocenters. The lowest BCUT2D eigenvalue weighted by molar-refractivity contribution is -0.124. The van der Waals surface area contributed by atoms with Crippen molar-refractivity contribution in [3.8, 4) is 0 Å². The first kappa shape index (κ1) is 20.5. The van der Waals surface area contributed by atoms with E-state index in [9.17, 15) is 9.59 Å². The van der Waals surface area contributed by atoms with Crippen molar-refractivity contribution in [2.45, 2.75) is 39.7 Å². The zero-order valence-corrected chi connectivity index (χ0v) is 16.9. The average molecular weight is 391 g/mol. The quantitative estimate of drug-likeness (QED) is 0.623. The minimum atomic E-state index is -0.556. The van der Waals surface area contributed by atoms with Gasteiger partial charge < -0.3 is 10.1 Å². The molecule has 1 N–H and O–H groups in total. The van der Waals surface area contributed by atoms with Crippen molar-refractivity contribution in [2.24, 2.45) is 0 Å². The maximum atomic E-state index is 12.3. The maximum Gasteiger partial charge on any atom is 0.338 e. The molecule has 0 saturated heterocycles. The van der Waals surface area contributed by atoms with Gasteiger partial charge in [-0.15, -0.1) is 0 Å². The van der Waals surface area contributed by atoms with Gasteiger partial charge in [0.1, 0.15) is 0 Å². The molecule has 0 aliphatic heterocycles. The molecule has 0 bridgehead atoms. The smallest absolute Gasteiger partial charge is 0.338 e. The molecule has 0 spiro atoms. The van der Waals surface area contributed by atoms with Crippen molar-refractivity contribution in [3.63, 3.8) is 0 Å². The molecule has 1 amide bonds. The fourth-order valence-corrected chi connectivity index (χ4v) is 2.99. The highest BCUT2D eigenvalue weighted by atomic mass is 16.5. The SMILES string of the molecule is Cc1nc2ccc(C(=O)OCC(=O)N[C@H](C)CCc3ccccc3)cc2nc1C. The summed E-state index contributed by atoms with van der Waals surface area (Å²) in [5.74, 6) is -0.870. The molecule has 0 aliphatic carbocycles. The molecule has 2 aromatic carbocycles. The molecular formula is C23H25N3O3. The van der Waals surface area contributed by atoms with Crippen LogP contribution >= 0.6 is 0 Å². The highest BCUT2D eigenvalue weighted by Crippen LogP contribution is 2.15. The fourth-order valence-electron chi connectivity index (χ4n) is 2.99. The number of nitrogens with zero attached hydrogens (tertiary/aromatic N) is 2. The first-order chi connectivity index (χ1) is 13.9. The van der Waals surface area contributed by atoms with Gasteiger partial charge in [-0.25, -0.2) is 14.8 Å². The summed E-state index contributed by atoms with van der Waals surface area (Å²) >= 11 is 0. The third-order valence-electron chi connectivity index (χ3n) is 4.76. The van der Waals surface area contributed by atoms with E-state index >= 15 is 0 Å². The van der Waals surface area contributed by atoms with Gasteiger partial charge in [-0.3, -0.25) is 4.79 Å². The number of benzene rings is 2. The molecule has 150 valence electrons. The summed E-state index contributed by atoms with van der Waals surface area (Å²) in [7, 11) is 0. The third-order valence-corrected chi connectivity index (χ3v) is 4.76. The molecule has 0 unspecified atom stereocenters. The molecule has 1 heterocycles. The van der Waals surface area contributed by atoms with E-state index in [0.717, 1.165) is 29.7 Å². The number of aryl methyl sites for hydroxylation is 3. The predicted octanol–water partition coefficient (Wildman–Crippen LogP) is 3.54. The van der Waals surface area contributed by atoms with E-state index in [4.69, 9.17) is 4.74 Å². The number of carbonyl (C=O) groups excluding carboxylic acids is 2. The minimum absolute atomic E-state index is 0.0106. The van der Waals surface area contributed by atoms with Gasteiger partial charge in [0.15, 0.2) is 6.61 Å². The number of amides is 1.